The molecule has 0 radical (unpaired) electrons. The number of primary amides is 2. The minimum Gasteiger partial charge on any atom is -0.493 e. The number of amides is 3. The van der Waals surface area contributed by atoms with Crippen LogP contribution < -0.4 is 50.9 Å². The number of anilines is 2. The van der Waals surface area contributed by atoms with Crippen molar-refractivity contribution in [3.63, 3.8) is 0 Å². The van der Waals surface area contributed by atoms with Crippen molar-refractivity contribution in [2.75, 3.05) is 25.1 Å². The molecule has 2 aliphatic carbocycles. The lowest BCUT2D eigenvalue weighted by Crippen LogP contribution is -2.17. The fraction of sp³-hybridized carbons (Fsp3) is 0.208. The summed E-state index contributed by atoms with van der Waals surface area (Å²) in [4.78, 5) is 54.8. The van der Waals surface area contributed by atoms with Gasteiger partial charge >= 0.3 is 18.7 Å². The van der Waals surface area contributed by atoms with Crippen molar-refractivity contribution >= 4 is 35.1 Å². The van der Waals surface area contributed by atoms with E-state index in [1.54, 1.807) is 0 Å². The third kappa shape index (κ3) is 15.1. The Hall–Kier alpha value is -8.90. The van der Waals surface area contributed by atoms with Gasteiger partial charge in [-0.05, 0) is 86.3 Å². The molecule has 0 unspecified atom stereocenters. The number of carboxylic acids is 1. The second kappa shape index (κ2) is 22.5. The van der Waals surface area contributed by atoms with Gasteiger partial charge < -0.3 is 56.0 Å². The molecule has 2 aromatic heterocycles. The van der Waals surface area contributed by atoms with E-state index in [2.05, 4.69) is 24.8 Å². The highest BCUT2D eigenvalue weighted by Crippen LogP contribution is 2.44. The molecule has 73 heavy (non-hydrogen) atoms. The smallest absolute Gasteiger partial charge is 0.493 e. The van der Waals surface area contributed by atoms with E-state index >= 15 is 0 Å². The maximum atomic E-state index is 13.8. The topological polar surface area (TPSA) is 260 Å². The number of ether oxygens (including phenoxy) is 6. The molecule has 0 atom stereocenters. The number of nitrogens with zero attached hydrogens (tertiary/aromatic N) is 2. The lowest BCUT2D eigenvalue weighted by Gasteiger charge is -2.16. The van der Waals surface area contributed by atoms with Crippen LogP contribution in [-0.4, -0.2) is 65.6 Å². The number of carbonyl (C=O) groups is 4. The van der Waals surface area contributed by atoms with E-state index in [4.69, 9.17) is 44.4 Å². The number of nitrogens with two attached hydrogens (primary N) is 3. The third-order valence-electron chi connectivity index (χ3n) is 9.94. The highest BCUT2D eigenvalue weighted by atomic mass is 19.4. The molecule has 2 heterocycles. The Labute approximate surface area is 416 Å². The van der Waals surface area contributed by atoms with Gasteiger partial charge in [-0.15, -0.1) is 26.3 Å². The van der Waals surface area contributed by atoms with Crippen LogP contribution in [0.25, 0.3) is 0 Å². The summed E-state index contributed by atoms with van der Waals surface area (Å²) in [5, 5.41) is 11.8. The Morgan fingerprint density at radius 1 is 0.603 bits per heavy atom. The number of pyridine rings is 2. The van der Waals surface area contributed by atoms with E-state index in [9.17, 15) is 59.4 Å². The second-order valence-electron chi connectivity index (χ2n) is 15.4. The SMILES string of the molecule is NC(=O)c1cc(N)ccc1F.[2H]C([2H])([2H])Oc1cc(OC(F)(F)F)ccc1Oc1cc(C2CC2)ncc1C(=O)Nc1ccc(F)c(C(N)=O)c1.[2H]C([2H])([2H])Oc1cc(OC(F)(F)F)ccc1Oc1cc(C2CC2)ncc1C(=O)O. The number of hydrogen-bond donors (Lipinski definition) is 5. The van der Waals surface area contributed by atoms with Crippen LogP contribution in [-0.2, 0) is 0 Å². The zero-order valence-corrected chi connectivity index (χ0v) is 36.9. The first-order chi connectivity index (χ1) is 36.7. The minimum absolute atomic E-state index is 0.0208. The van der Waals surface area contributed by atoms with Gasteiger partial charge in [-0.2, -0.15) is 0 Å². The van der Waals surface area contributed by atoms with Gasteiger partial charge in [-0.1, -0.05) is 0 Å². The Bertz CT molecular complexity index is 3270. The van der Waals surface area contributed by atoms with Gasteiger partial charge in [0.2, 0.25) is 0 Å². The summed E-state index contributed by atoms with van der Waals surface area (Å²) < 4.78 is 174. The molecular weight excluding hydrogens is 989 g/mol. The fourth-order valence-electron chi connectivity index (χ4n) is 6.27. The number of aromatic carboxylic acids is 1. The van der Waals surface area contributed by atoms with E-state index in [0.717, 1.165) is 74.3 Å². The Morgan fingerprint density at radius 2 is 1.05 bits per heavy atom. The quantitative estimate of drug-likeness (QED) is 0.0474. The Kier molecular flexibility index (Phi) is 13.9. The van der Waals surface area contributed by atoms with Gasteiger partial charge in [0.15, 0.2) is 23.0 Å². The molecule has 0 aliphatic heterocycles. The second-order valence-corrected chi connectivity index (χ2v) is 15.4. The van der Waals surface area contributed by atoms with Gasteiger partial charge in [-0.25, -0.2) is 13.6 Å². The number of aromatic nitrogens is 2. The monoisotopic (exact) mass is 1030 g/mol. The average Bonchev–Trinajstić information content (AvgIpc) is 4.28. The van der Waals surface area contributed by atoms with Crippen molar-refractivity contribution in [1.82, 2.24) is 9.97 Å². The number of nitrogen functional groups attached to an aromatic ring is 1. The molecule has 2 fully saturated rings. The summed E-state index contributed by atoms with van der Waals surface area (Å²) in [5.74, 6) is -8.86. The first-order valence-electron chi connectivity index (χ1n) is 23.7. The highest BCUT2D eigenvalue weighted by Gasteiger charge is 2.33. The van der Waals surface area contributed by atoms with Crippen LogP contribution in [0.4, 0.5) is 46.5 Å². The van der Waals surface area contributed by atoms with E-state index in [0.29, 0.717) is 29.2 Å². The molecule has 4 aromatic carbocycles. The summed E-state index contributed by atoms with van der Waals surface area (Å²) in [6.07, 6.45) is -4.31. The van der Waals surface area contributed by atoms with Crippen LogP contribution in [0.15, 0.2) is 97.3 Å². The maximum Gasteiger partial charge on any atom is 0.573 e. The molecule has 2 saturated carbocycles. The Morgan fingerprint density at radius 3 is 1.48 bits per heavy atom. The molecule has 384 valence electrons. The van der Waals surface area contributed by atoms with E-state index in [-0.39, 0.29) is 57.2 Å². The molecule has 3 amide bonds. The predicted octanol–water partition coefficient (Wildman–Crippen LogP) is 10.0. The molecule has 0 bridgehead atoms. The number of rotatable bonds is 15. The van der Waals surface area contributed by atoms with E-state index < -0.39 is 90.7 Å². The molecule has 0 spiro atoms. The number of halogens is 8. The van der Waals surface area contributed by atoms with E-state index in [1.807, 2.05) is 0 Å². The molecule has 0 saturated heterocycles. The standard InChI is InChI=1S/C24H19F4N3O5.C17H14F3NO5.C7H7FN2O/c1-34-21-9-14(36-24(26,27)28)5-7-19(21)35-20-10-18(12-2-3-12)30-11-16(20)23(33)31-13-4-6-17(25)15(8-13)22(29)32;1-24-15-6-10(26-17(18,19)20)4-5-13(15)25-14-7-12(9-2-3-9)21-8-11(14)16(22)23;8-6-2-1-4(9)3-5(6)7(10)11/h4-12H,2-3H2,1H3,(H2,29,32)(H,31,33);4-9H,2-3H2,1H3,(H,22,23);1-3H,9H2,(H2,10,11)/i2*1D3;. The van der Waals surface area contributed by atoms with Crippen LogP contribution >= 0.6 is 0 Å². The van der Waals surface area contributed by atoms with Crippen LogP contribution in [0, 0.1) is 11.6 Å². The zero-order valence-electron chi connectivity index (χ0n) is 42.9. The molecule has 8 rings (SSSR count). The third-order valence-corrected chi connectivity index (χ3v) is 9.94. The molecule has 2 aliphatic rings. The van der Waals surface area contributed by atoms with Crippen LogP contribution in [0.2, 0.25) is 0 Å². The summed E-state index contributed by atoms with van der Waals surface area (Å²) in [6.45, 7) is 0. The van der Waals surface area contributed by atoms with Crippen LogP contribution in [0.1, 0.15) is 98.6 Å². The number of carboxylic acid groups (broad SMARTS) is 1. The number of carbonyl (C=O) groups excluding carboxylic acids is 3. The van der Waals surface area contributed by atoms with Crippen molar-refractivity contribution in [2.24, 2.45) is 11.5 Å². The number of benzene rings is 4. The van der Waals surface area contributed by atoms with Crippen molar-refractivity contribution in [3.05, 3.63) is 143 Å². The van der Waals surface area contributed by atoms with Crippen molar-refractivity contribution in [1.29, 1.82) is 0 Å². The van der Waals surface area contributed by atoms with Gasteiger partial charge in [0.25, 0.3) is 17.7 Å². The highest BCUT2D eigenvalue weighted by molar-refractivity contribution is 6.06. The Balaban J connectivity index is 0.000000220. The summed E-state index contributed by atoms with van der Waals surface area (Å²) in [6, 6.07) is 14.8. The summed E-state index contributed by atoms with van der Waals surface area (Å²) >= 11 is 0. The fourth-order valence-corrected chi connectivity index (χ4v) is 6.27. The first kappa shape index (κ1) is 45.3. The lowest BCUT2D eigenvalue weighted by atomic mass is 10.1. The summed E-state index contributed by atoms with van der Waals surface area (Å²) in [7, 11) is -6.06. The van der Waals surface area contributed by atoms with Gasteiger partial charge in [0, 0.05) is 71.3 Å². The van der Waals surface area contributed by atoms with Crippen LogP contribution in [0.5, 0.6) is 46.0 Å². The minimum atomic E-state index is -5.05. The summed E-state index contributed by atoms with van der Waals surface area (Å²) in [5.41, 5.74) is 15.7. The molecular formula is C48H40F8N6O11. The van der Waals surface area contributed by atoms with Crippen LogP contribution in [0.3, 0.4) is 0 Å². The molecule has 17 nitrogen and oxygen atoms in total. The van der Waals surface area contributed by atoms with Gasteiger partial charge in [-0.3, -0.25) is 24.4 Å². The lowest BCUT2D eigenvalue weighted by molar-refractivity contribution is -0.275. The average molecular weight is 1030 g/mol. The number of nitrogens with one attached hydrogen (secondary N) is 1. The molecule has 6 aromatic rings. The van der Waals surface area contributed by atoms with Crippen molar-refractivity contribution < 1.29 is 96.1 Å². The molecule has 25 heteroatoms. The van der Waals surface area contributed by atoms with Crippen molar-refractivity contribution in [3.8, 4) is 46.0 Å². The largest absolute Gasteiger partial charge is 0.573 e. The maximum absolute atomic E-state index is 13.8. The zero-order chi connectivity index (χ0) is 58.4. The number of hydrogen-bond acceptors (Lipinski definition) is 13. The number of alkyl halides is 6. The van der Waals surface area contributed by atoms with E-state index in [1.165, 1.54) is 36.5 Å². The molecule has 8 N–H and O–H groups in total. The predicted molar refractivity (Wildman–Crippen MR) is 241 cm³/mol. The van der Waals surface area contributed by atoms with Gasteiger partial charge in [0.05, 0.1) is 33.4 Å². The van der Waals surface area contributed by atoms with Gasteiger partial charge in [0.1, 0.15) is 45.8 Å². The van der Waals surface area contributed by atoms with Crippen molar-refractivity contribution in [2.45, 2.75) is 50.2 Å². The first-order valence-corrected chi connectivity index (χ1v) is 20.7. The normalized spacial score (nSPS) is 14.5. The number of methoxy groups -OCH3 is 2.